The fourth-order valence-corrected chi connectivity index (χ4v) is 2.66. The average molecular weight is 337 g/mol. The number of nitrogens with zero attached hydrogens (tertiary/aromatic N) is 1. The third kappa shape index (κ3) is 2.90. The van der Waals surface area contributed by atoms with Crippen molar-refractivity contribution in [2.45, 2.75) is 12.2 Å². The summed E-state index contributed by atoms with van der Waals surface area (Å²) in [5.74, 6) is 0. The van der Waals surface area contributed by atoms with Crippen LogP contribution in [0.5, 0.6) is 0 Å². The van der Waals surface area contributed by atoms with Gasteiger partial charge in [-0.15, -0.1) is 11.3 Å². The second-order valence-electron chi connectivity index (χ2n) is 3.60. The van der Waals surface area contributed by atoms with Crippen molar-refractivity contribution in [1.82, 2.24) is 4.98 Å². The Morgan fingerprint density at radius 1 is 1.33 bits per heavy atom. The van der Waals surface area contributed by atoms with E-state index in [1.807, 2.05) is 6.07 Å². The number of benzene rings is 1. The van der Waals surface area contributed by atoms with Gasteiger partial charge in [-0.2, -0.15) is 13.2 Å². The van der Waals surface area contributed by atoms with Crippen molar-refractivity contribution in [1.29, 1.82) is 0 Å². The molecule has 0 amide bonds. The summed E-state index contributed by atoms with van der Waals surface area (Å²) < 4.78 is 38.1. The van der Waals surface area contributed by atoms with Gasteiger partial charge in [0.15, 0.2) is 5.01 Å². The number of halogens is 4. The smallest absolute Gasteiger partial charge is 0.320 e. The Labute approximate surface area is 114 Å². The Bertz CT molecular complexity index is 553. The van der Waals surface area contributed by atoms with Gasteiger partial charge in [0, 0.05) is 15.5 Å². The molecule has 1 aromatic heterocycles. The monoisotopic (exact) mass is 336 g/mol. The summed E-state index contributed by atoms with van der Waals surface area (Å²) in [6.45, 7) is 0. The van der Waals surface area contributed by atoms with Crippen LogP contribution in [-0.4, -0.2) is 4.98 Å². The second kappa shape index (κ2) is 4.99. The molecule has 96 valence electrons. The van der Waals surface area contributed by atoms with Crippen molar-refractivity contribution in [3.05, 3.63) is 50.4 Å². The van der Waals surface area contributed by atoms with Crippen molar-refractivity contribution in [2.24, 2.45) is 5.73 Å². The summed E-state index contributed by atoms with van der Waals surface area (Å²) in [5.41, 5.74) is 6.66. The molecule has 0 radical (unpaired) electrons. The van der Waals surface area contributed by atoms with Crippen LogP contribution in [0.15, 0.2) is 34.9 Å². The fraction of sp³-hybridized carbons (Fsp3) is 0.182. The number of alkyl halides is 3. The van der Waals surface area contributed by atoms with E-state index in [2.05, 4.69) is 20.9 Å². The van der Waals surface area contributed by atoms with Crippen LogP contribution in [-0.2, 0) is 6.18 Å². The van der Waals surface area contributed by atoms with Crippen LogP contribution in [0.4, 0.5) is 13.2 Å². The number of thiazole rings is 1. The molecule has 0 spiro atoms. The Morgan fingerprint density at radius 3 is 2.61 bits per heavy atom. The highest BCUT2D eigenvalue weighted by Gasteiger charge is 2.35. The molecular weight excluding hydrogens is 329 g/mol. The number of hydrogen-bond acceptors (Lipinski definition) is 3. The summed E-state index contributed by atoms with van der Waals surface area (Å²) in [6, 6.07) is 6.55. The van der Waals surface area contributed by atoms with E-state index >= 15 is 0 Å². The van der Waals surface area contributed by atoms with E-state index in [-0.39, 0.29) is 0 Å². The molecule has 1 atom stereocenters. The third-order valence-electron chi connectivity index (χ3n) is 2.28. The summed E-state index contributed by atoms with van der Waals surface area (Å²) in [5, 5.41) is -0.872. The van der Waals surface area contributed by atoms with Gasteiger partial charge in [-0.3, -0.25) is 0 Å². The molecule has 1 heterocycles. The standard InChI is InChI=1S/C11H8BrF3N2S/c12-7-3-1-2-6(4-7)9(16)8-5-17-10(18-8)11(13,14)15/h1-5,9H,16H2. The van der Waals surface area contributed by atoms with E-state index in [0.29, 0.717) is 16.2 Å². The van der Waals surface area contributed by atoms with Crippen LogP contribution in [0, 0.1) is 0 Å². The highest BCUT2D eigenvalue weighted by Crippen LogP contribution is 2.35. The van der Waals surface area contributed by atoms with Crippen LogP contribution in [0.2, 0.25) is 0 Å². The van der Waals surface area contributed by atoms with Crippen molar-refractivity contribution in [2.75, 3.05) is 0 Å². The zero-order valence-electron chi connectivity index (χ0n) is 8.91. The van der Waals surface area contributed by atoms with Gasteiger partial charge in [-0.25, -0.2) is 4.98 Å². The van der Waals surface area contributed by atoms with Gasteiger partial charge in [0.25, 0.3) is 0 Å². The van der Waals surface area contributed by atoms with Crippen LogP contribution >= 0.6 is 27.3 Å². The van der Waals surface area contributed by atoms with Crippen LogP contribution in [0.1, 0.15) is 21.5 Å². The molecule has 0 aliphatic rings. The van der Waals surface area contributed by atoms with Gasteiger partial charge in [-0.1, -0.05) is 28.1 Å². The molecule has 2 rings (SSSR count). The summed E-state index contributed by atoms with van der Waals surface area (Å²) in [6.07, 6.45) is -3.24. The topological polar surface area (TPSA) is 38.9 Å². The van der Waals surface area contributed by atoms with Crippen molar-refractivity contribution in [3.8, 4) is 0 Å². The quantitative estimate of drug-likeness (QED) is 0.901. The summed E-state index contributed by atoms with van der Waals surface area (Å²) >= 11 is 3.86. The zero-order chi connectivity index (χ0) is 13.3. The van der Waals surface area contributed by atoms with E-state index in [0.717, 1.165) is 10.0 Å². The van der Waals surface area contributed by atoms with Crippen molar-refractivity contribution in [3.63, 3.8) is 0 Å². The molecule has 7 heteroatoms. The van der Waals surface area contributed by atoms with Gasteiger partial charge in [-0.05, 0) is 17.7 Å². The number of nitrogens with two attached hydrogens (primary N) is 1. The molecule has 0 bridgehead atoms. The van der Waals surface area contributed by atoms with Crippen molar-refractivity contribution < 1.29 is 13.2 Å². The number of hydrogen-bond donors (Lipinski definition) is 1. The van der Waals surface area contributed by atoms with Crippen LogP contribution < -0.4 is 5.73 Å². The number of aromatic nitrogens is 1. The lowest BCUT2D eigenvalue weighted by atomic mass is 10.1. The fourth-order valence-electron chi connectivity index (χ4n) is 1.43. The molecule has 2 aromatic rings. The highest BCUT2D eigenvalue weighted by molar-refractivity contribution is 9.10. The first-order chi connectivity index (χ1) is 8.38. The Morgan fingerprint density at radius 2 is 2.06 bits per heavy atom. The van der Waals surface area contributed by atoms with Gasteiger partial charge < -0.3 is 5.73 Å². The zero-order valence-corrected chi connectivity index (χ0v) is 11.3. The van der Waals surface area contributed by atoms with Crippen LogP contribution in [0.25, 0.3) is 0 Å². The second-order valence-corrected chi connectivity index (χ2v) is 5.58. The largest absolute Gasteiger partial charge is 0.443 e. The molecule has 1 unspecified atom stereocenters. The van der Waals surface area contributed by atoms with E-state index < -0.39 is 17.2 Å². The maximum absolute atomic E-state index is 12.4. The van der Waals surface area contributed by atoms with E-state index in [9.17, 15) is 13.2 Å². The number of rotatable bonds is 2. The highest BCUT2D eigenvalue weighted by atomic mass is 79.9. The lowest BCUT2D eigenvalue weighted by Gasteiger charge is -2.09. The van der Waals surface area contributed by atoms with Gasteiger partial charge in [0.05, 0.1) is 6.04 Å². The average Bonchev–Trinajstić information content (AvgIpc) is 2.77. The Hall–Kier alpha value is -0.920. The minimum atomic E-state index is -4.42. The SMILES string of the molecule is NC(c1cccc(Br)c1)c1cnc(C(F)(F)F)s1. The normalized spacial score (nSPS) is 13.6. The van der Waals surface area contributed by atoms with E-state index in [1.165, 1.54) is 6.20 Å². The first kappa shape index (κ1) is 13.5. The molecule has 18 heavy (non-hydrogen) atoms. The lowest BCUT2D eigenvalue weighted by molar-refractivity contribution is -0.137. The summed E-state index contributed by atoms with van der Waals surface area (Å²) in [7, 11) is 0. The van der Waals surface area contributed by atoms with Gasteiger partial charge >= 0.3 is 6.18 Å². The molecule has 0 aliphatic carbocycles. The Kier molecular flexibility index (Phi) is 3.74. The molecule has 0 aliphatic heterocycles. The molecule has 0 fully saturated rings. The minimum Gasteiger partial charge on any atom is -0.320 e. The third-order valence-corrected chi connectivity index (χ3v) is 3.90. The lowest BCUT2D eigenvalue weighted by Crippen LogP contribution is -2.10. The van der Waals surface area contributed by atoms with Gasteiger partial charge in [0.1, 0.15) is 0 Å². The maximum Gasteiger partial charge on any atom is 0.443 e. The molecule has 1 aromatic carbocycles. The molecule has 2 N–H and O–H groups in total. The Balaban J connectivity index is 2.29. The molecule has 2 nitrogen and oxygen atoms in total. The minimum absolute atomic E-state index is 0.389. The first-order valence-electron chi connectivity index (χ1n) is 4.92. The molecular formula is C11H8BrF3N2S. The van der Waals surface area contributed by atoms with E-state index in [1.54, 1.807) is 18.2 Å². The molecule has 0 saturated carbocycles. The predicted octanol–water partition coefficient (Wildman–Crippen LogP) is 3.97. The van der Waals surface area contributed by atoms with Crippen LogP contribution in [0.3, 0.4) is 0 Å². The maximum atomic E-state index is 12.4. The first-order valence-corrected chi connectivity index (χ1v) is 6.53. The van der Waals surface area contributed by atoms with Crippen molar-refractivity contribution >= 4 is 27.3 Å². The van der Waals surface area contributed by atoms with E-state index in [4.69, 9.17) is 5.73 Å². The predicted molar refractivity (Wildman–Crippen MR) is 67.3 cm³/mol. The van der Waals surface area contributed by atoms with Gasteiger partial charge in [0.2, 0.25) is 0 Å². The summed E-state index contributed by atoms with van der Waals surface area (Å²) in [4.78, 5) is 3.75. The molecule has 0 saturated heterocycles.